The number of aliphatic carboxylic acids is 1. The van der Waals surface area contributed by atoms with Gasteiger partial charge in [-0.3, -0.25) is 9.59 Å². The summed E-state index contributed by atoms with van der Waals surface area (Å²) in [4.78, 5) is 33.5. The first-order valence-electron chi connectivity index (χ1n) is 6.66. The number of benzene rings is 1. The molecule has 4 N–H and O–H groups in total. The van der Waals surface area contributed by atoms with Crippen LogP contribution in [0.1, 0.15) is 12.8 Å². The Kier molecular flexibility index (Phi) is 4.95. The van der Waals surface area contributed by atoms with Crippen molar-refractivity contribution in [2.45, 2.75) is 25.0 Å². The van der Waals surface area contributed by atoms with Gasteiger partial charge < -0.3 is 25.6 Å². The van der Waals surface area contributed by atoms with Crippen LogP contribution in [0.2, 0.25) is 0 Å². The van der Waals surface area contributed by atoms with Crippen LogP contribution in [0.5, 0.6) is 5.75 Å². The third kappa shape index (κ3) is 4.19. The molecule has 0 radical (unpaired) electrons. The second-order valence-electron chi connectivity index (χ2n) is 4.80. The number of carbonyl (C=O) groups is 3. The van der Waals surface area contributed by atoms with Gasteiger partial charge in [0.1, 0.15) is 11.9 Å². The fourth-order valence-corrected chi connectivity index (χ4v) is 2.05. The molecule has 118 valence electrons. The predicted molar refractivity (Wildman–Crippen MR) is 75.3 cm³/mol. The second-order valence-corrected chi connectivity index (χ2v) is 4.80. The minimum atomic E-state index is -1.07. The molecule has 2 atom stereocenters. The summed E-state index contributed by atoms with van der Waals surface area (Å²) in [6.45, 7) is -0.260. The Morgan fingerprint density at radius 1 is 1.32 bits per heavy atom. The molecule has 0 aromatic heterocycles. The topological polar surface area (TPSA) is 128 Å². The molecule has 1 aromatic rings. The maximum Gasteiger partial charge on any atom is 0.332 e. The van der Waals surface area contributed by atoms with E-state index in [0.29, 0.717) is 24.3 Å². The lowest BCUT2D eigenvalue weighted by Crippen LogP contribution is -2.29. The number of primary amides is 1. The van der Waals surface area contributed by atoms with E-state index in [1.807, 2.05) is 0 Å². The number of nitrogens with two attached hydrogens (primary N) is 1. The van der Waals surface area contributed by atoms with Gasteiger partial charge in [-0.15, -0.1) is 0 Å². The van der Waals surface area contributed by atoms with Gasteiger partial charge in [0.25, 0.3) is 11.8 Å². The molecule has 1 aliphatic rings. The molecule has 2 rings (SSSR count). The molecule has 0 aliphatic carbocycles. The van der Waals surface area contributed by atoms with Crippen LogP contribution in [-0.2, 0) is 19.1 Å². The van der Waals surface area contributed by atoms with Crippen molar-refractivity contribution in [2.75, 3.05) is 11.9 Å². The Labute approximate surface area is 126 Å². The molecule has 8 heteroatoms. The molecule has 0 bridgehead atoms. The highest BCUT2D eigenvalue weighted by Gasteiger charge is 2.34. The van der Waals surface area contributed by atoms with Gasteiger partial charge in [0, 0.05) is 11.8 Å². The average Bonchev–Trinajstić information content (AvgIpc) is 2.95. The summed E-state index contributed by atoms with van der Waals surface area (Å²) in [5.74, 6) is -1.71. The first-order chi connectivity index (χ1) is 10.5. The van der Waals surface area contributed by atoms with Crippen molar-refractivity contribution in [3.63, 3.8) is 0 Å². The summed E-state index contributed by atoms with van der Waals surface area (Å²) in [6, 6.07) is 6.43. The van der Waals surface area contributed by atoms with Gasteiger partial charge >= 0.3 is 5.97 Å². The van der Waals surface area contributed by atoms with E-state index < -0.39 is 30.0 Å². The molecule has 8 nitrogen and oxygen atoms in total. The monoisotopic (exact) mass is 308 g/mol. The fraction of sp³-hybridized carbons (Fsp3) is 0.357. The van der Waals surface area contributed by atoms with Gasteiger partial charge in [0.2, 0.25) is 0 Å². The summed E-state index contributed by atoms with van der Waals surface area (Å²) >= 11 is 0. The number of hydrogen-bond acceptors (Lipinski definition) is 5. The van der Waals surface area contributed by atoms with E-state index in [9.17, 15) is 14.4 Å². The minimum absolute atomic E-state index is 0.260. The number of hydrogen-bond donors (Lipinski definition) is 3. The van der Waals surface area contributed by atoms with Crippen molar-refractivity contribution in [2.24, 2.45) is 5.73 Å². The molecule has 1 aromatic carbocycles. The number of carboxylic acid groups (broad SMARTS) is 1. The van der Waals surface area contributed by atoms with Crippen molar-refractivity contribution in [1.29, 1.82) is 0 Å². The van der Waals surface area contributed by atoms with Crippen molar-refractivity contribution in [3.05, 3.63) is 24.3 Å². The Morgan fingerprint density at radius 2 is 2.05 bits per heavy atom. The van der Waals surface area contributed by atoms with Crippen LogP contribution in [0.15, 0.2) is 24.3 Å². The molecule has 1 aliphatic heterocycles. The number of amides is 2. The Morgan fingerprint density at radius 3 is 2.68 bits per heavy atom. The number of carbonyl (C=O) groups excluding carboxylic acids is 2. The molecular formula is C14H16N2O6. The summed E-state index contributed by atoms with van der Waals surface area (Å²) in [5.41, 5.74) is 5.43. The minimum Gasteiger partial charge on any atom is -0.484 e. The van der Waals surface area contributed by atoms with Gasteiger partial charge in [0.05, 0.1) is 0 Å². The van der Waals surface area contributed by atoms with Crippen LogP contribution in [-0.4, -0.2) is 41.7 Å². The zero-order chi connectivity index (χ0) is 16.1. The van der Waals surface area contributed by atoms with E-state index >= 15 is 0 Å². The number of anilines is 1. The molecule has 1 fully saturated rings. The van der Waals surface area contributed by atoms with Crippen LogP contribution in [0.3, 0.4) is 0 Å². The molecular weight excluding hydrogens is 292 g/mol. The molecule has 1 heterocycles. The zero-order valence-corrected chi connectivity index (χ0v) is 11.7. The third-order valence-corrected chi connectivity index (χ3v) is 3.07. The molecule has 22 heavy (non-hydrogen) atoms. The highest BCUT2D eigenvalue weighted by molar-refractivity contribution is 5.95. The normalized spacial score (nSPS) is 20.4. The third-order valence-electron chi connectivity index (χ3n) is 3.07. The van der Waals surface area contributed by atoms with E-state index in [4.69, 9.17) is 20.3 Å². The van der Waals surface area contributed by atoms with Crippen molar-refractivity contribution >= 4 is 23.5 Å². The van der Waals surface area contributed by atoms with Crippen molar-refractivity contribution in [1.82, 2.24) is 0 Å². The lowest BCUT2D eigenvalue weighted by atomic mass is 10.2. The summed E-state index contributed by atoms with van der Waals surface area (Å²) in [6.07, 6.45) is -1.09. The Hall–Kier alpha value is -2.61. The van der Waals surface area contributed by atoms with E-state index in [0.717, 1.165) is 0 Å². The summed E-state index contributed by atoms with van der Waals surface area (Å²) < 4.78 is 10.3. The van der Waals surface area contributed by atoms with Crippen molar-refractivity contribution < 1.29 is 29.0 Å². The van der Waals surface area contributed by atoms with E-state index in [1.54, 1.807) is 18.2 Å². The molecule has 0 saturated carbocycles. The standard InChI is InChI=1S/C14H16N2O6/c15-12(17)7-21-9-3-1-2-8(6-9)16-13(18)10-4-5-11(22-10)14(19)20/h1-3,6,10-11H,4-5,7H2,(H2,15,17)(H,16,18)(H,19,20)/t10-,11+/m0/s1. The van der Waals surface area contributed by atoms with Gasteiger partial charge in [-0.05, 0) is 25.0 Å². The highest BCUT2D eigenvalue weighted by atomic mass is 16.5. The number of rotatable bonds is 6. The van der Waals surface area contributed by atoms with Crippen LogP contribution in [0.4, 0.5) is 5.69 Å². The molecule has 0 unspecified atom stereocenters. The lowest BCUT2D eigenvalue weighted by molar-refractivity contribution is -0.150. The Balaban J connectivity index is 1.93. The first-order valence-corrected chi connectivity index (χ1v) is 6.66. The molecule has 0 spiro atoms. The maximum atomic E-state index is 12.0. The number of ether oxygens (including phenoxy) is 2. The fourth-order valence-electron chi connectivity index (χ4n) is 2.05. The first kappa shape index (κ1) is 15.8. The quantitative estimate of drug-likeness (QED) is 0.685. The predicted octanol–water partition coefficient (Wildman–Crippen LogP) is 0.121. The maximum absolute atomic E-state index is 12.0. The van der Waals surface area contributed by atoms with Crippen LogP contribution < -0.4 is 15.8 Å². The lowest BCUT2D eigenvalue weighted by Gasteiger charge is -2.12. The zero-order valence-electron chi connectivity index (χ0n) is 11.7. The van der Waals surface area contributed by atoms with Crippen LogP contribution >= 0.6 is 0 Å². The summed E-state index contributed by atoms with van der Waals surface area (Å²) in [7, 11) is 0. The SMILES string of the molecule is NC(=O)COc1cccc(NC(=O)[C@@H]2CC[C@H](C(=O)O)O2)c1. The molecule has 2 amide bonds. The highest BCUT2D eigenvalue weighted by Crippen LogP contribution is 2.22. The van der Waals surface area contributed by atoms with Crippen LogP contribution in [0.25, 0.3) is 0 Å². The largest absolute Gasteiger partial charge is 0.484 e. The van der Waals surface area contributed by atoms with Gasteiger partial charge in [0.15, 0.2) is 12.7 Å². The van der Waals surface area contributed by atoms with Crippen LogP contribution in [0, 0.1) is 0 Å². The van der Waals surface area contributed by atoms with Gasteiger partial charge in [-0.2, -0.15) is 0 Å². The number of nitrogens with one attached hydrogen (secondary N) is 1. The van der Waals surface area contributed by atoms with E-state index in [-0.39, 0.29) is 6.61 Å². The van der Waals surface area contributed by atoms with Gasteiger partial charge in [-0.25, -0.2) is 4.79 Å². The van der Waals surface area contributed by atoms with E-state index in [1.165, 1.54) is 6.07 Å². The second kappa shape index (κ2) is 6.90. The average molecular weight is 308 g/mol. The van der Waals surface area contributed by atoms with Crippen molar-refractivity contribution in [3.8, 4) is 5.75 Å². The summed E-state index contributed by atoms with van der Waals surface area (Å²) in [5, 5.41) is 11.5. The number of carboxylic acids is 1. The van der Waals surface area contributed by atoms with Gasteiger partial charge in [-0.1, -0.05) is 6.07 Å². The molecule has 1 saturated heterocycles. The Bertz CT molecular complexity index is 588. The smallest absolute Gasteiger partial charge is 0.332 e. The van der Waals surface area contributed by atoms with E-state index in [2.05, 4.69) is 5.32 Å².